The van der Waals surface area contributed by atoms with Gasteiger partial charge in [-0.3, -0.25) is 4.99 Å². The quantitative estimate of drug-likeness (QED) is 0.251. The number of carbonyl (C=O) groups excluding carboxylic acids is 1. The van der Waals surface area contributed by atoms with Crippen LogP contribution >= 0.6 is 24.0 Å². The van der Waals surface area contributed by atoms with E-state index < -0.39 is 5.60 Å². The summed E-state index contributed by atoms with van der Waals surface area (Å²) < 4.78 is 5.48. The lowest BCUT2D eigenvalue weighted by molar-refractivity contribution is 0.0448. The maximum absolute atomic E-state index is 12.4. The molecule has 0 aromatic rings. The SMILES string of the molecule is CCC(CC)(CNC(=NC)NC1CCN(C2CCCC2)CC1)NC(=O)OC(C)(C)C.I. The second kappa shape index (κ2) is 13.1. The van der Waals surface area contributed by atoms with Crippen LogP contribution in [0.4, 0.5) is 4.79 Å². The Hall–Kier alpha value is -0.770. The molecule has 7 nitrogen and oxygen atoms in total. The third kappa shape index (κ3) is 9.32. The summed E-state index contributed by atoms with van der Waals surface area (Å²) in [6.07, 6.45) is 9.11. The van der Waals surface area contributed by atoms with Gasteiger partial charge in [0.15, 0.2) is 5.96 Å². The van der Waals surface area contributed by atoms with E-state index in [-0.39, 0.29) is 35.6 Å². The van der Waals surface area contributed by atoms with Gasteiger partial charge in [-0.25, -0.2) is 4.79 Å². The highest BCUT2D eigenvalue weighted by Crippen LogP contribution is 2.26. The molecule has 2 fully saturated rings. The number of aliphatic imine (C=N–C) groups is 1. The molecule has 3 N–H and O–H groups in total. The molecule has 0 spiro atoms. The zero-order valence-corrected chi connectivity index (χ0v) is 22.9. The summed E-state index contributed by atoms with van der Waals surface area (Å²) in [4.78, 5) is 19.5. The molecule has 1 amide bonds. The maximum atomic E-state index is 12.4. The molecule has 0 aromatic heterocycles. The van der Waals surface area contributed by atoms with Crippen LogP contribution in [0.25, 0.3) is 0 Å². The van der Waals surface area contributed by atoms with Crippen LogP contribution in [0.3, 0.4) is 0 Å². The van der Waals surface area contributed by atoms with Crippen LogP contribution in [0.5, 0.6) is 0 Å². The van der Waals surface area contributed by atoms with Crippen molar-refractivity contribution in [2.45, 2.75) is 109 Å². The average Bonchev–Trinajstić information content (AvgIpc) is 3.24. The Balaban J connectivity index is 0.00000480. The van der Waals surface area contributed by atoms with Gasteiger partial charge in [0.05, 0.1) is 5.54 Å². The molecule has 182 valence electrons. The standard InChI is InChI=1S/C23H45N5O2.HI/c1-7-23(8-2,27-21(29)30-22(3,4)5)17-25-20(24-6)26-18-13-15-28(16-14-18)19-11-9-10-12-19;/h18-19H,7-17H2,1-6H3,(H,27,29)(H2,24,25,26);1H. The minimum absolute atomic E-state index is 0. The Morgan fingerprint density at radius 2 is 1.65 bits per heavy atom. The highest BCUT2D eigenvalue weighted by Gasteiger charge is 2.31. The summed E-state index contributed by atoms with van der Waals surface area (Å²) in [5.74, 6) is 0.812. The van der Waals surface area contributed by atoms with Crippen molar-refractivity contribution in [3.05, 3.63) is 0 Å². The fourth-order valence-electron chi connectivity index (χ4n) is 4.56. The number of amides is 1. The first-order valence-electron chi connectivity index (χ1n) is 11.9. The molecule has 0 atom stereocenters. The molecule has 2 rings (SSSR count). The van der Waals surface area contributed by atoms with Crippen LogP contribution in [0, 0.1) is 0 Å². The van der Waals surface area contributed by atoms with Gasteiger partial charge in [-0.05, 0) is 59.3 Å². The monoisotopic (exact) mass is 551 g/mol. The fraction of sp³-hybridized carbons (Fsp3) is 0.913. The fourth-order valence-corrected chi connectivity index (χ4v) is 4.56. The van der Waals surface area contributed by atoms with E-state index >= 15 is 0 Å². The largest absolute Gasteiger partial charge is 0.444 e. The minimum Gasteiger partial charge on any atom is -0.444 e. The molecular weight excluding hydrogens is 505 g/mol. The van der Waals surface area contributed by atoms with Gasteiger partial charge in [-0.2, -0.15) is 0 Å². The van der Waals surface area contributed by atoms with Gasteiger partial charge in [-0.1, -0.05) is 26.7 Å². The molecule has 1 saturated carbocycles. The molecule has 1 saturated heterocycles. The summed E-state index contributed by atoms with van der Waals surface area (Å²) >= 11 is 0. The molecule has 0 bridgehead atoms. The second-order valence-corrected chi connectivity index (χ2v) is 9.93. The van der Waals surface area contributed by atoms with Crippen molar-refractivity contribution in [1.82, 2.24) is 20.9 Å². The van der Waals surface area contributed by atoms with E-state index in [0.717, 1.165) is 37.7 Å². The number of ether oxygens (including phenoxy) is 1. The minimum atomic E-state index is -0.504. The van der Waals surface area contributed by atoms with Crippen LogP contribution < -0.4 is 16.0 Å². The molecule has 1 heterocycles. The molecule has 1 aliphatic heterocycles. The Morgan fingerprint density at radius 1 is 1.06 bits per heavy atom. The van der Waals surface area contributed by atoms with Crippen molar-refractivity contribution in [2.75, 3.05) is 26.7 Å². The van der Waals surface area contributed by atoms with Crippen molar-refractivity contribution in [1.29, 1.82) is 0 Å². The third-order valence-electron chi connectivity index (χ3n) is 6.65. The van der Waals surface area contributed by atoms with E-state index in [4.69, 9.17) is 4.74 Å². The van der Waals surface area contributed by atoms with Crippen LogP contribution in [-0.2, 0) is 4.74 Å². The van der Waals surface area contributed by atoms with Crippen molar-refractivity contribution < 1.29 is 9.53 Å². The predicted molar refractivity (Wildman–Crippen MR) is 139 cm³/mol. The van der Waals surface area contributed by atoms with Crippen LogP contribution in [0.1, 0.15) is 86.0 Å². The number of guanidine groups is 1. The van der Waals surface area contributed by atoms with Crippen LogP contribution in [0.2, 0.25) is 0 Å². The van der Waals surface area contributed by atoms with Crippen molar-refractivity contribution in [3.63, 3.8) is 0 Å². The number of halogens is 1. The van der Waals surface area contributed by atoms with E-state index in [0.29, 0.717) is 12.6 Å². The molecule has 0 radical (unpaired) electrons. The molecule has 31 heavy (non-hydrogen) atoms. The molecule has 0 unspecified atom stereocenters. The third-order valence-corrected chi connectivity index (χ3v) is 6.65. The smallest absolute Gasteiger partial charge is 0.408 e. The maximum Gasteiger partial charge on any atom is 0.408 e. The Labute approximate surface area is 206 Å². The van der Waals surface area contributed by atoms with E-state index in [1.807, 2.05) is 27.8 Å². The van der Waals surface area contributed by atoms with Crippen molar-refractivity contribution in [2.24, 2.45) is 4.99 Å². The first kappa shape index (κ1) is 28.3. The Morgan fingerprint density at radius 3 is 2.13 bits per heavy atom. The van der Waals surface area contributed by atoms with Crippen molar-refractivity contribution in [3.8, 4) is 0 Å². The summed E-state index contributed by atoms with van der Waals surface area (Å²) in [6.45, 7) is 12.8. The summed E-state index contributed by atoms with van der Waals surface area (Å²) in [7, 11) is 1.81. The number of alkyl carbamates (subject to hydrolysis) is 1. The van der Waals surface area contributed by atoms with Crippen LogP contribution in [-0.4, -0.2) is 66.9 Å². The van der Waals surface area contributed by atoms with Gasteiger partial charge in [0.25, 0.3) is 0 Å². The average molecular weight is 552 g/mol. The normalized spacial score (nSPS) is 19.6. The van der Waals surface area contributed by atoms with E-state index in [2.05, 4.69) is 39.7 Å². The van der Waals surface area contributed by atoms with E-state index in [1.165, 1.54) is 38.8 Å². The first-order chi connectivity index (χ1) is 14.2. The van der Waals surface area contributed by atoms with E-state index in [1.54, 1.807) is 0 Å². The second-order valence-electron chi connectivity index (χ2n) is 9.93. The number of rotatable bonds is 7. The number of nitrogens with one attached hydrogen (secondary N) is 3. The van der Waals surface area contributed by atoms with E-state index in [9.17, 15) is 4.79 Å². The lowest BCUT2D eigenvalue weighted by Crippen LogP contribution is -2.58. The Bertz CT molecular complexity index is 561. The number of nitrogens with zero attached hydrogens (tertiary/aromatic N) is 2. The zero-order valence-electron chi connectivity index (χ0n) is 20.6. The highest BCUT2D eigenvalue weighted by atomic mass is 127. The summed E-state index contributed by atoms with van der Waals surface area (Å²) in [6, 6.07) is 1.27. The topological polar surface area (TPSA) is 78.0 Å². The highest BCUT2D eigenvalue weighted by molar-refractivity contribution is 14.0. The number of piperidine rings is 1. The van der Waals surface area contributed by atoms with Gasteiger partial charge in [0, 0.05) is 38.8 Å². The van der Waals surface area contributed by atoms with Gasteiger partial charge < -0.3 is 25.6 Å². The van der Waals surface area contributed by atoms with Gasteiger partial charge in [0.2, 0.25) is 0 Å². The lowest BCUT2D eigenvalue weighted by Gasteiger charge is -2.37. The van der Waals surface area contributed by atoms with Crippen molar-refractivity contribution >= 4 is 36.0 Å². The molecule has 0 aromatic carbocycles. The molecule has 8 heteroatoms. The zero-order chi connectivity index (χ0) is 22.2. The molecule has 1 aliphatic carbocycles. The number of hydrogen-bond acceptors (Lipinski definition) is 4. The number of likely N-dealkylation sites (tertiary alicyclic amines) is 1. The summed E-state index contributed by atoms with van der Waals surface area (Å²) in [5.41, 5.74) is -0.874. The number of hydrogen-bond donors (Lipinski definition) is 3. The molecular formula is C23H46IN5O2. The first-order valence-corrected chi connectivity index (χ1v) is 11.9. The van der Waals surface area contributed by atoms with Crippen LogP contribution in [0.15, 0.2) is 4.99 Å². The Kier molecular flexibility index (Phi) is 11.9. The van der Waals surface area contributed by atoms with Gasteiger partial charge in [-0.15, -0.1) is 24.0 Å². The van der Waals surface area contributed by atoms with Gasteiger partial charge >= 0.3 is 6.09 Å². The summed E-state index contributed by atoms with van der Waals surface area (Å²) in [5, 5.41) is 10.1. The predicted octanol–water partition coefficient (Wildman–Crippen LogP) is 4.26. The lowest BCUT2D eigenvalue weighted by atomic mass is 9.93. The molecule has 2 aliphatic rings. The van der Waals surface area contributed by atoms with Gasteiger partial charge in [0.1, 0.15) is 5.60 Å². The number of carbonyl (C=O) groups is 1.